The molecule has 0 aromatic heterocycles. The van der Waals surface area contributed by atoms with Crippen LogP contribution in [0.3, 0.4) is 0 Å². The summed E-state index contributed by atoms with van der Waals surface area (Å²) in [6.45, 7) is 5.94. The summed E-state index contributed by atoms with van der Waals surface area (Å²) in [6.07, 6.45) is 14.5. The van der Waals surface area contributed by atoms with E-state index in [4.69, 9.17) is 0 Å². The van der Waals surface area contributed by atoms with Gasteiger partial charge >= 0.3 is 0 Å². The average molecular weight is 239 g/mol. The van der Waals surface area contributed by atoms with Gasteiger partial charge in [0.05, 0.1) is 0 Å². The maximum atomic E-state index is 3.46. The van der Waals surface area contributed by atoms with Crippen molar-refractivity contribution in [2.24, 2.45) is 11.3 Å². The zero-order valence-electron chi connectivity index (χ0n) is 12.4. The van der Waals surface area contributed by atoms with E-state index in [1.165, 1.54) is 70.8 Å². The standard InChI is InChI=1S/C16H33N/c1-4-6-12-16(5-2,14-17-3)13-15-10-8-7-9-11-15/h15,17H,4-14H2,1-3H3. The second-order valence-corrected chi connectivity index (χ2v) is 6.20. The fourth-order valence-corrected chi connectivity index (χ4v) is 3.64. The van der Waals surface area contributed by atoms with Gasteiger partial charge in [0.15, 0.2) is 0 Å². The Bertz CT molecular complexity index is 184. The Morgan fingerprint density at radius 3 is 2.35 bits per heavy atom. The number of nitrogens with one attached hydrogen (secondary N) is 1. The van der Waals surface area contributed by atoms with E-state index in [1.54, 1.807) is 0 Å². The van der Waals surface area contributed by atoms with Crippen molar-refractivity contribution in [2.75, 3.05) is 13.6 Å². The maximum absolute atomic E-state index is 3.46. The molecule has 1 fully saturated rings. The van der Waals surface area contributed by atoms with E-state index in [9.17, 15) is 0 Å². The van der Waals surface area contributed by atoms with Crippen molar-refractivity contribution in [1.82, 2.24) is 5.32 Å². The molecular weight excluding hydrogens is 206 g/mol. The summed E-state index contributed by atoms with van der Waals surface area (Å²) in [6, 6.07) is 0. The third kappa shape index (κ3) is 4.99. The predicted molar refractivity (Wildman–Crippen MR) is 77.4 cm³/mol. The Morgan fingerprint density at radius 1 is 1.12 bits per heavy atom. The van der Waals surface area contributed by atoms with Crippen LogP contribution in [0.2, 0.25) is 0 Å². The van der Waals surface area contributed by atoms with Crippen LogP contribution in [0.15, 0.2) is 0 Å². The molecular formula is C16H33N. The summed E-state index contributed by atoms with van der Waals surface area (Å²) in [5, 5.41) is 3.46. The SMILES string of the molecule is CCCCC(CC)(CNC)CC1CCCCC1. The quantitative estimate of drug-likeness (QED) is 0.644. The van der Waals surface area contributed by atoms with Crippen LogP contribution in [0.25, 0.3) is 0 Å². The second-order valence-electron chi connectivity index (χ2n) is 6.20. The molecule has 0 bridgehead atoms. The Kier molecular flexibility index (Phi) is 7.18. The highest BCUT2D eigenvalue weighted by atomic mass is 14.8. The Morgan fingerprint density at radius 2 is 1.82 bits per heavy atom. The van der Waals surface area contributed by atoms with Gasteiger partial charge in [0, 0.05) is 6.54 Å². The third-order valence-electron chi connectivity index (χ3n) is 4.81. The number of unbranched alkanes of at least 4 members (excludes halogenated alkanes) is 1. The molecule has 102 valence electrons. The zero-order chi connectivity index (χ0) is 12.6. The lowest BCUT2D eigenvalue weighted by atomic mass is 9.70. The van der Waals surface area contributed by atoms with Crippen LogP contribution in [0.4, 0.5) is 0 Å². The van der Waals surface area contributed by atoms with Crippen molar-refractivity contribution >= 4 is 0 Å². The molecule has 0 amide bonds. The minimum absolute atomic E-state index is 0.590. The summed E-state index contributed by atoms with van der Waals surface area (Å²) in [4.78, 5) is 0. The minimum atomic E-state index is 0.590. The summed E-state index contributed by atoms with van der Waals surface area (Å²) in [5.74, 6) is 1.02. The molecule has 1 heteroatoms. The highest BCUT2D eigenvalue weighted by molar-refractivity contribution is 4.84. The van der Waals surface area contributed by atoms with Gasteiger partial charge in [-0.05, 0) is 37.6 Å². The van der Waals surface area contributed by atoms with Gasteiger partial charge in [0.2, 0.25) is 0 Å². The fourth-order valence-electron chi connectivity index (χ4n) is 3.64. The lowest BCUT2D eigenvalue weighted by molar-refractivity contribution is 0.156. The Balaban J connectivity index is 2.52. The number of hydrogen-bond acceptors (Lipinski definition) is 1. The van der Waals surface area contributed by atoms with Crippen molar-refractivity contribution in [3.63, 3.8) is 0 Å². The maximum Gasteiger partial charge on any atom is 0.000480 e. The van der Waals surface area contributed by atoms with E-state index in [2.05, 4.69) is 26.2 Å². The molecule has 0 aromatic rings. The molecule has 0 spiro atoms. The highest BCUT2D eigenvalue weighted by Crippen LogP contribution is 2.40. The summed E-state index contributed by atoms with van der Waals surface area (Å²) in [7, 11) is 2.12. The Labute approximate surface area is 109 Å². The smallest absolute Gasteiger partial charge is 0.000480 e. The number of hydrogen-bond donors (Lipinski definition) is 1. The molecule has 1 nitrogen and oxygen atoms in total. The molecule has 17 heavy (non-hydrogen) atoms. The van der Waals surface area contributed by atoms with Crippen LogP contribution in [0.5, 0.6) is 0 Å². The van der Waals surface area contributed by atoms with E-state index in [-0.39, 0.29) is 0 Å². The van der Waals surface area contributed by atoms with E-state index in [0.717, 1.165) is 5.92 Å². The topological polar surface area (TPSA) is 12.0 Å². The molecule has 1 N–H and O–H groups in total. The van der Waals surface area contributed by atoms with E-state index < -0.39 is 0 Å². The molecule has 1 saturated carbocycles. The molecule has 1 aliphatic rings. The molecule has 1 atom stereocenters. The Hall–Kier alpha value is -0.0400. The van der Waals surface area contributed by atoms with Gasteiger partial charge in [-0.3, -0.25) is 0 Å². The van der Waals surface area contributed by atoms with Crippen LogP contribution in [0.1, 0.15) is 78.1 Å². The van der Waals surface area contributed by atoms with Crippen LogP contribution in [-0.4, -0.2) is 13.6 Å². The first-order chi connectivity index (χ1) is 8.26. The van der Waals surface area contributed by atoms with Crippen LogP contribution in [0, 0.1) is 11.3 Å². The van der Waals surface area contributed by atoms with Gasteiger partial charge in [-0.15, -0.1) is 0 Å². The fraction of sp³-hybridized carbons (Fsp3) is 1.00. The van der Waals surface area contributed by atoms with Gasteiger partial charge < -0.3 is 5.32 Å². The van der Waals surface area contributed by atoms with E-state index in [1.807, 2.05) is 0 Å². The first-order valence-electron chi connectivity index (χ1n) is 7.91. The summed E-state index contributed by atoms with van der Waals surface area (Å²) >= 11 is 0. The molecule has 1 unspecified atom stereocenters. The molecule has 0 radical (unpaired) electrons. The molecule has 1 aliphatic carbocycles. The zero-order valence-corrected chi connectivity index (χ0v) is 12.4. The molecule has 0 saturated heterocycles. The van der Waals surface area contributed by atoms with E-state index in [0.29, 0.717) is 5.41 Å². The van der Waals surface area contributed by atoms with Crippen LogP contribution in [-0.2, 0) is 0 Å². The number of rotatable bonds is 8. The monoisotopic (exact) mass is 239 g/mol. The van der Waals surface area contributed by atoms with Crippen molar-refractivity contribution in [1.29, 1.82) is 0 Å². The average Bonchev–Trinajstić information content (AvgIpc) is 2.37. The van der Waals surface area contributed by atoms with Crippen molar-refractivity contribution in [3.8, 4) is 0 Å². The molecule has 0 aliphatic heterocycles. The van der Waals surface area contributed by atoms with Gasteiger partial charge in [-0.25, -0.2) is 0 Å². The van der Waals surface area contributed by atoms with Gasteiger partial charge in [-0.2, -0.15) is 0 Å². The van der Waals surface area contributed by atoms with Crippen molar-refractivity contribution in [2.45, 2.75) is 78.1 Å². The lowest BCUT2D eigenvalue weighted by Gasteiger charge is -2.37. The largest absolute Gasteiger partial charge is 0.319 e. The first kappa shape index (κ1) is 15.0. The van der Waals surface area contributed by atoms with Gasteiger partial charge in [0.1, 0.15) is 0 Å². The molecule has 0 aromatic carbocycles. The summed E-state index contributed by atoms with van der Waals surface area (Å²) < 4.78 is 0. The second kappa shape index (κ2) is 8.13. The minimum Gasteiger partial charge on any atom is -0.319 e. The van der Waals surface area contributed by atoms with Crippen molar-refractivity contribution in [3.05, 3.63) is 0 Å². The van der Waals surface area contributed by atoms with Gasteiger partial charge in [0.25, 0.3) is 0 Å². The normalized spacial score (nSPS) is 21.4. The molecule has 1 rings (SSSR count). The predicted octanol–water partition coefficient (Wildman–Crippen LogP) is 4.76. The summed E-state index contributed by atoms with van der Waals surface area (Å²) in [5.41, 5.74) is 0.590. The van der Waals surface area contributed by atoms with Crippen molar-refractivity contribution < 1.29 is 0 Å². The van der Waals surface area contributed by atoms with Crippen LogP contribution >= 0.6 is 0 Å². The lowest BCUT2D eigenvalue weighted by Crippen LogP contribution is -2.34. The first-order valence-corrected chi connectivity index (χ1v) is 7.91. The molecule has 0 heterocycles. The van der Waals surface area contributed by atoms with Crippen LogP contribution < -0.4 is 5.32 Å². The highest BCUT2D eigenvalue weighted by Gasteiger charge is 2.30. The van der Waals surface area contributed by atoms with Gasteiger partial charge in [-0.1, -0.05) is 58.8 Å². The third-order valence-corrected chi connectivity index (χ3v) is 4.81. The van der Waals surface area contributed by atoms with E-state index >= 15 is 0 Å².